The van der Waals surface area contributed by atoms with Crippen molar-refractivity contribution in [1.29, 1.82) is 5.26 Å². The number of sulfone groups is 1. The van der Waals surface area contributed by atoms with E-state index in [0.29, 0.717) is 42.3 Å². The molecular formula is C31H35N5O3S. The van der Waals surface area contributed by atoms with Crippen molar-refractivity contribution in [1.82, 2.24) is 9.80 Å². The Labute approximate surface area is 236 Å². The Morgan fingerprint density at radius 2 is 1.43 bits per heavy atom. The number of piperazine rings is 2. The van der Waals surface area contributed by atoms with Crippen molar-refractivity contribution in [2.24, 2.45) is 0 Å². The Morgan fingerprint density at radius 1 is 0.825 bits per heavy atom. The molecule has 2 heterocycles. The van der Waals surface area contributed by atoms with Gasteiger partial charge in [-0.3, -0.25) is 9.69 Å². The molecule has 1 amide bonds. The fourth-order valence-corrected chi connectivity index (χ4v) is 6.50. The molecular weight excluding hydrogens is 522 g/mol. The molecule has 0 saturated carbocycles. The number of carbonyl (C=O) groups excluding carboxylic acids is 1. The Balaban J connectivity index is 1.21. The molecule has 40 heavy (non-hydrogen) atoms. The van der Waals surface area contributed by atoms with Gasteiger partial charge in [-0.25, -0.2) is 8.42 Å². The summed E-state index contributed by atoms with van der Waals surface area (Å²) in [7, 11) is -3.34. The second-order valence-corrected chi connectivity index (χ2v) is 12.5. The molecule has 2 aliphatic heterocycles. The summed E-state index contributed by atoms with van der Waals surface area (Å²) in [5.74, 6) is 0.0216. The van der Waals surface area contributed by atoms with Gasteiger partial charge in [0, 0.05) is 70.7 Å². The van der Waals surface area contributed by atoms with Crippen LogP contribution >= 0.6 is 0 Å². The van der Waals surface area contributed by atoms with Crippen LogP contribution < -0.4 is 9.80 Å². The van der Waals surface area contributed by atoms with Crippen molar-refractivity contribution in [3.63, 3.8) is 0 Å². The average molecular weight is 558 g/mol. The second kappa shape index (κ2) is 11.7. The van der Waals surface area contributed by atoms with Gasteiger partial charge < -0.3 is 14.7 Å². The number of benzene rings is 3. The van der Waals surface area contributed by atoms with Gasteiger partial charge in [-0.15, -0.1) is 0 Å². The van der Waals surface area contributed by atoms with Crippen LogP contribution in [0.3, 0.4) is 0 Å². The highest BCUT2D eigenvalue weighted by molar-refractivity contribution is 7.90. The number of aryl methyl sites for hydroxylation is 1. The summed E-state index contributed by atoms with van der Waals surface area (Å²) in [4.78, 5) is 22.5. The number of hydrogen-bond donors (Lipinski definition) is 0. The van der Waals surface area contributed by atoms with Crippen molar-refractivity contribution in [2.45, 2.75) is 18.4 Å². The largest absolute Gasteiger partial charge is 0.368 e. The minimum atomic E-state index is -3.34. The molecule has 0 aromatic heterocycles. The fraction of sp³-hybridized carbons (Fsp3) is 0.355. The molecule has 3 aromatic rings. The molecule has 0 radical (unpaired) electrons. The van der Waals surface area contributed by atoms with E-state index < -0.39 is 9.84 Å². The molecule has 0 unspecified atom stereocenters. The summed E-state index contributed by atoms with van der Waals surface area (Å²) in [5.41, 5.74) is 5.19. The normalized spacial score (nSPS) is 16.6. The summed E-state index contributed by atoms with van der Waals surface area (Å²) in [6.45, 7) is 8.44. The van der Waals surface area contributed by atoms with Crippen molar-refractivity contribution >= 4 is 27.1 Å². The fourth-order valence-electron chi connectivity index (χ4n) is 5.60. The Morgan fingerprint density at radius 3 is 2.10 bits per heavy atom. The van der Waals surface area contributed by atoms with Crippen LogP contribution in [0, 0.1) is 18.3 Å². The summed E-state index contributed by atoms with van der Waals surface area (Å²) in [6.07, 6.45) is 1.23. The van der Waals surface area contributed by atoms with E-state index >= 15 is 0 Å². The maximum Gasteiger partial charge on any atom is 0.254 e. The van der Waals surface area contributed by atoms with E-state index in [1.807, 2.05) is 60.4 Å². The van der Waals surface area contributed by atoms with Crippen molar-refractivity contribution in [3.8, 4) is 6.07 Å². The SMILES string of the molecule is Cc1ccc(CN2CCN(c3ccccc3C#N)CC2)cc1C(=O)N1CCN(c2ccccc2S(C)(=O)=O)CC1. The van der Waals surface area contributed by atoms with Crippen LogP contribution in [-0.2, 0) is 16.4 Å². The molecule has 9 heteroatoms. The van der Waals surface area contributed by atoms with E-state index in [0.717, 1.165) is 55.1 Å². The third-order valence-corrected chi connectivity index (χ3v) is 8.99. The molecule has 2 fully saturated rings. The lowest BCUT2D eigenvalue weighted by molar-refractivity contribution is 0.0745. The van der Waals surface area contributed by atoms with E-state index in [9.17, 15) is 18.5 Å². The molecule has 2 saturated heterocycles. The van der Waals surface area contributed by atoms with Crippen LogP contribution in [-0.4, -0.2) is 82.7 Å². The van der Waals surface area contributed by atoms with Crippen molar-refractivity contribution < 1.29 is 13.2 Å². The molecule has 0 spiro atoms. The van der Waals surface area contributed by atoms with Gasteiger partial charge in [0.05, 0.1) is 21.8 Å². The van der Waals surface area contributed by atoms with Crippen LogP contribution in [0.2, 0.25) is 0 Å². The lowest BCUT2D eigenvalue weighted by atomic mass is 10.0. The molecule has 8 nitrogen and oxygen atoms in total. The van der Waals surface area contributed by atoms with Crippen LogP contribution in [0.4, 0.5) is 11.4 Å². The van der Waals surface area contributed by atoms with Crippen LogP contribution in [0.25, 0.3) is 0 Å². The maximum absolute atomic E-state index is 13.6. The number of para-hydroxylation sites is 2. The first-order chi connectivity index (χ1) is 19.2. The highest BCUT2D eigenvalue weighted by Gasteiger charge is 2.26. The predicted octanol–water partition coefficient (Wildman–Crippen LogP) is 3.55. The zero-order valence-corrected chi connectivity index (χ0v) is 23.9. The smallest absolute Gasteiger partial charge is 0.254 e. The summed E-state index contributed by atoms with van der Waals surface area (Å²) in [6, 6.07) is 23.3. The van der Waals surface area contributed by atoms with Gasteiger partial charge in [-0.1, -0.05) is 36.4 Å². The predicted molar refractivity (Wildman–Crippen MR) is 157 cm³/mol. The third kappa shape index (κ3) is 5.98. The highest BCUT2D eigenvalue weighted by atomic mass is 32.2. The molecule has 0 atom stereocenters. The number of nitrogens with zero attached hydrogens (tertiary/aromatic N) is 5. The lowest BCUT2D eigenvalue weighted by Gasteiger charge is -2.37. The lowest BCUT2D eigenvalue weighted by Crippen LogP contribution is -2.49. The second-order valence-electron chi connectivity index (χ2n) is 10.6. The molecule has 0 N–H and O–H groups in total. The zero-order chi connectivity index (χ0) is 28.3. The number of rotatable bonds is 6. The van der Waals surface area contributed by atoms with Gasteiger partial charge in [-0.2, -0.15) is 5.26 Å². The topological polar surface area (TPSA) is 88.0 Å². The van der Waals surface area contributed by atoms with E-state index in [4.69, 9.17) is 0 Å². The van der Waals surface area contributed by atoms with Crippen molar-refractivity contribution in [3.05, 3.63) is 89.0 Å². The average Bonchev–Trinajstić information content (AvgIpc) is 2.98. The van der Waals surface area contributed by atoms with Gasteiger partial charge in [0.1, 0.15) is 6.07 Å². The van der Waals surface area contributed by atoms with E-state index in [-0.39, 0.29) is 5.91 Å². The number of nitriles is 1. The first-order valence-electron chi connectivity index (χ1n) is 13.6. The van der Waals surface area contributed by atoms with Gasteiger partial charge in [0.15, 0.2) is 9.84 Å². The van der Waals surface area contributed by atoms with Gasteiger partial charge in [0.2, 0.25) is 0 Å². The van der Waals surface area contributed by atoms with E-state index in [2.05, 4.69) is 26.8 Å². The molecule has 0 aliphatic carbocycles. The van der Waals surface area contributed by atoms with Gasteiger partial charge in [-0.05, 0) is 48.4 Å². The van der Waals surface area contributed by atoms with Crippen LogP contribution in [0.1, 0.15) is 27.0 Å². The maximum atomic E-state index is 13.6. The van der Waals surface area contributed by atoms with Crippen LogP contribution in [0.5, 0.6) is 0 Å². The Kier molecular flexibility index (Phi) is 8.10. The number of amides is 1. The third-order valence-electron chi connectivity index (χ3n) is 7.85. The van der Waals surface area contributed by atoms with Crippen molar-refractivity contribution in [2.75, 3.05) is 68.4 Å². The highest BCUT2D eigenvalue weighted by Crippen LogP contribution is 2.27. The number of hydrogen-bond acceptors (Lipinski definition) is 7. The van der Waals surface area contributed by atoms with Gasteiger partial charge >= 0.3 is 0 Å². The van der Waals surface area contributed by atoms with E-state index in [1.54, 1.807) is 12.1 Å². The molecule has 3 aromatic carbocycles. The summed E-state index contributed by atoms with van der Waals surface area (Å²) < 4.78 is 24.5. The Bertz CT molecular complexity index is 1530. The monoisotopic (exact) mass is 557 g/mol. The molecule has 0 bridgehead atoms. The summed E-state index contributed by atoms with van der Waals surface area (Å²) >= 11 is 0. The first-order valence-corrected chi connectivity index (χ1v) is 15.5. The minimum Gasteiger partial charge on any atom is -0.368 e. The first kappa shape index (κ1) is 27.7. The minimum absolute atomic E-state index is 0.0216. The van der Waals surface area contributed by atoms with Crippen LogP contribution in [0.15, 0.2) is 71.6 Å². The molecule has 5 rings (SSSR count). The molecule has 2 aliphatic rings. The Hall–Kier alpha value is -3.87. The summed E-state index contributed by atoms with van der Waals surface area (Å²) in [5, 5.41) is 9.45. The quantitative estimate of drug-likeness (QED) is 0.458. The molecule has 208 valence electrons. The number of carbonyl (C=O) groups is 1. The number of anilines is 2. The zero-order valence-electron chi connectivity index (χ0n) is 23.1. The van der Waals surface area contributed by atoms with E-state index in [1.165, 1.54) is 6.26 Å². The van der Waals surface area contributed by atoms with Gasteiger partial charge in [0.25, 0.3) is 5.91 Å². The standard InChI is InChI=1S/C31H35N5O3S/c1-24-11-12-25(23-33-13-15-34(16-14-33)28-8-4-3-7-26(28)22-32)21-27(24)31(37)36-19-17-35(18-20-36)29-9-5-6-10-30(29)40(2,38)39/h3-12,21H,13-20,23H2,1-2H3.